The molecule has 21 heavy (non-hydrogen) atoms. The van der Waals surface area contributed by atoms with Gasteiger partial charge >= 0.3 is 5.97 Å². The highest BCUT2D eigenvalue weighted by molar-refractivity contribution is 5.85. The zero-order chi connectivity index (χ0) is 13.9. The van der Waals surface area contributed by atoms with Gasteiger partial charge in [-0.3, -0.25) is 4.79 Å². The van der Waals surface area contributed by atoms with E-state index in [2.05, 4.69) is 9.97 Å². The van der Waals surface area contributed by atoms with Crippen LogP contribution >= 0.6 is 12.4 Å². The monoisotopic (exact) mass is 302 g/mol. The lowest BCUT2D eigenvalue weighted by Gasteiger charge is -2.11. The number of fused-ring (bicyclic) bond motifs is 1. The van der Waals surface area contributed by atoms with Crippen LogP contribution in [0, 0.1) is 0 Å². The molecule has 108 valence electrons. The highest BCUT2D eigenvalue weighted by Crippen LogP contribution is 2.22. The summed E-state index contributed by atoms with van der Waals surface area (Å²) in [5.41, 5.74) is 1.64. The van der Waals surface area contributed by atoms with E-state index in [4.69, 9.17) is 0 Å². The lowest BCUT2D eigenvalue weighted by Crippen LogP contribution is -2.14. The Morgan fingerprint density at radius 1 is 1.19 bits per heavy atom. The first-order valence-corrected chi connectivity index (χ1v) is 6.43. The molecule has 0 saturated heterocycles. The first kappa shape index (κ1) is 15.1. The Kier molecular flexibility index (Phi) is 4.60. The predicted octanol–water partition coefficient (Wildman–Crippen LogP) is 3.40. The third-order valence-electron chi connectivity index (χ3n) is 3.45. The fourth-order valence-electron chi connectivity index (χ4n) is 2.39. The van der Waals surface area contributed by atoms with Gasteiger partial charge in [0.05, 0.1) is 6.33 Å². The Hall–Kier alpha value is -2.33. The van der Waals surface area contributed by atoms with Crippen LogP contribution in [0.3, 0.4) is 0 Å². The Labute approximate surface area is 128 Å². The number of aromatic nitrogens is 2. The van der Waals surface area contributed by atoms with Crippen molar-refractivity contribution in [2.24, 2.45) is 0 Å². The second kappa shape index (κ2) is 6.41. The van der Waals surface area contributed by atoms with Gasteiger partial charge in [0, 0.05) is 11.9 Å². The molecule has 0 fully saturated rings. The molecule has 0 spiro atoms. The Bertz CT molecular complexity index is 741. The number of nitrogens with zero attached hydrogens (tertiary/aromatic N) is 1. The molecule has 0 radical (unpaired) electrons. The highest BCUT2D eigenvalue weighted by Gasteiger charge is 2.21. The Morgan fingerprint density at radius 2 is 1.95 bits per heavy atom. The fraction of sp³-hybridized carbons (Fsp3) is 0.125. The average Bonchev–Trinajstić information content (AvgIpc) is 2.98. The zero-order valence-electron chi connectivity index (χ0n) is 11.2. The largest absolute Gasteiger partial charge is 0.481 e. The van der Waals surface area contributed by atoms with Crippen LogP contribution in [0.25, 0.3) is 10.8 Å². The van der Waals surface area contributed by atoms with Crippen molar-refractivity contribution in [1.82, 2.24) is 9.97 Å². The van der Waals surface area contributed by atoms with E-state index in [9.17, 15) is 9.90 Å². The minimum absolute atomic E-state index is 0. The van der Waals surface area contributed by atoms with Crippen molar-refractivity contribution in [3.05, 3.63) is 66.2 Å². The number of hydrogen-bond donors (Lipinski definition) is 2. The van der Waals surface area contributed by atoms with Gasteiger partial charge in [-0.15, -0.1) is 12.4 Å². The molecule has 4 nitrogen and oxygen atoms in total. The Balaban J connectivity index is 0.00000161. The highest BCUT2D eigenvalue weighted by atomic mass is 35.5. The average molecular weight is 303 g/mol. The van der Waals surface area contributed by atoms with E-state index in [1.54, 1.807) is 6.20 Å². The van der Waals surface area contributed by atoms with Gasteiger partial charge in [-0.2, -0.15) is 0 Å². The van der Waals surface area contributed by atoms with E-state index < -0.39 is 11.9 Å². The zero-order valence-corrected chi connectivity index (χ0v) is 12.0. The molecule has 0 aliphatic carbocycles. The summed E-state index contributed by atoms with van der Waals surface area (Å²) in [6.45, 7) is 0. The van der Waals surface area contributed by atoms with Crippen LogP contribution in [0.15, 0.2) is 55.0 Å². The number of carboxylic acid groups (broad SMARTS) is 1. The molecule has 1 aromatic heterocycles. The van der Waals surface area contributed by atoms with Gasteiger partial charge in [-0.25, -0.2) is 4.98 Å². The van der Waals surface area contributed by atoms with Gasteiger partial charge < -0.3 is 10.1 Å². The summed E-state index contributed by atoms with van der Waals surface area (Å²) in [6, 6.07) is 14.1. The quantitative estimate of drug-likeness (QED) is 0.776. The number of aliphatic carboxylic acids is 1. The predicted molar refractivity (Wildman–Crippen MR) is 83.9 cm³/mol. The van der Waals surface area contributed by atoms with Crippen molar-refractivity contribution in [2.75, 3.05) is 0 Å². The van der Waals surface area contributed by atoms with Gasteiger partial charge in [0.25, 0.3) is 0 Å². The fourth-order valence-corrected chi connectivity index (χ4v) is 2.39. The number of aromatic amines is 1. The number of carbonyl (C=O) groups is 1. The van der Waals surface area contributed by atoms with E-state index >= 15 is 0 Å². The number of benzene rings is 2. The van der Waals surface area contributed by atoms with E-state index in [-0.39, 0.29) is 12.4 Å². The maximum Gasteiger partial charge on any atom is 0.312 e. The number of nitrogens with one attached hydrogen (secondary N) is 1. The number of rotatable bonds is 4. The summed E-state index contributed by atoms with van der Waals surface area (Å²) < 4.78 is 0. The van der Waals surface area contributed by atoms with Crippen LogP contribution in [0.1, 0.15) is 17.2 Å². The summed E-state index contributed by atoms with van der Waals surface area (Å²) in [4.78, 5) is 18.2. The molecular weight excluding hydrogens is 288 g/mol. The standard InChI is InChI=1S/C16H14N2O2.ClH/c19-16(20)14(15-9-17-10-18-15)8-11-5-6-12-3-1-2-4-13(12)7-11;/h1-7,9-10,14H,8H2,(H,17,18)(H,19,20);1H. The second-order valence-electron chi connectivity index (χ2n) is 4.78. The molecule has 3 rings (SSSR count). The summed E-state index contributed by atoms with van der Waals surface area (Å²) in [6.07, 6.45) is 3.52. The molecule has 3 aromatic rings. The smallest absolute Gasteiger partial charge is 0.312 e. The summed E-state index contributed by atoms with van der Waals surface area (Å²) >= 11 is 0. The molecule has 0 amide bonds. The number of hydrogen-bond acceptors (Lipinski definition) is 2. The minimum Gasteiger partial charge on any atom is -0.481 e. The molecule has 1 heterocycles. The molecular formula is C16H15ClN2O2. The molecule has 0 aliphatic rings. The summed E-state index contributed by atoms with van der Waals surface area (Å²) in [7, 11) is 0. The van der Waals surface area contributed by atoms with E-state index in [1.807, 2.05) is 42.5 Å². The third kappa shape index (κ3) is 3.23. The van der Waals surface area contributed by atoms with Gasteiger partial charge in [0.15, 0.2) is 0 Å². The lowest BCUT2D eigenvalue weighted by molar-refractivity contribution is -0.138. The van der Waals surface area contributed by atoms with Crippen molar-refractivity contribution in [1.29, 1.82) is 0 Å². The number of carboxylic acids is 1. The van der Waals surface area contributed by atoms with Gasteiger partial charge in [0.1, 0.15) is 5.92 Å². The van der Waals surface area contributed by atoms with Crippen molar-refractivity contribution < 1.29 is 9.90 Å². The summed E-state index contributed by atoms with van der Waals surface area (Å²) in [5.74, 6) is -1.44. The van der Waals surface area contributed by atoms with E-state index in [0.29, 0.717) is 12.1 Å². The first-order chi connectivity index (χ1) is 9.74. The van der Waals surface area contributed by atoms with E-state index in [1.165, 1.54) is 6.33 Å². The van der Waals surface area contributed by atoms with E-state index in [0.717, 1.165) is 16.3 Å². The van der Waals surface area contributed by atoms with Crippen molar-refractivity contribution >= 4 is 29.1 Å². The van der Waals surface area contributed by atoms with Crippen LogP contribution in [0.5, 0.6) is 0 Å². The molecule has 2 aromatic carbocycles. The van der Waals surface area contributed by atoms with Crippen LogP contribution in [0.2, 0.25) is 0 Å². The molecule has 1 atom stereocenters. The van der Waals surface area contributed by atoms with Crippen molar-refractivity contribution in [2.45, 2.75) is 12.3 Å². The van der Waals surface area contributed by atoms with Gasteiger partial charge in [0.2, 0.25) is 0 Å². The molecule has 0 aliphatic heterocycles. The van der Waals surface area contributed by atoms with Crippen LogP contribution in [-0.2, 0) is 11.2 Å². The van der Waals surface area contributed by atoms with Crippen LogP contribution in [0.4, 0.5) is 0 Å². The minimum atomic E-state index is -0.845. The van der Waals surface area contributed by atoms with Crippen molar-refractivity contribution in [3.63, 3.8) is 0 Å². The summed E-state index contributed by atoms with van der Waals surface area (Å²) in [5, 5.41) is 11.7. The first-order valence-electron chi connectivity index (χ1n) is 6.43. The van der Waals surface area contributed by atoms with Crippen LogP contribution < -0.4 is 0 Å². The Morgan fingerprint density at radius 3 is 2.62 bits per heavy atom. The second-order valence-corrected chi connectivity index (χ2v) is 4.78. The van der Waals surface area contributed by atoms with Gasteiger partial charge in [-0.05, 0) is 22.8 Å². The molecule has 2 N–H and O–H groups in total. The molecule has 1 unspecified atom stereocenters. The topological polar surface area (TPSA) is 66.0 Å². The number of H-pyrrole nitrogens is 1. The maximum absolute atomic E-state index is 11.4. The molecule has 0 saturated carbocycles. The lowest BCUT2D eigenvalue weighted by atomic mass is 9.95. The SMILES string of the molecule is Cl.O=C(O)C(Cc1ccc2ccccc2c1)c1cnc[nH]1. The normalized spacial score (nSPS) is 11.8. The molecule has 5 heteroatoms. The van der Waals surface area contributed by atoms with Crippen molar-refractivity contribution in [3.8, 4) is 0 Å². The number of imidazole rings is 1. The number of halogens is 1. The third-order valence-corrected chi connectivity index (χ3v) is 3.45. The molecule has 0 bridgehead atoms. The van der Waals surface area contributed by atoms with Crippen LogP contribution in [-0.4, -0.2) is 21.0 Å². The maximum atomic E-state index is 11.4. The van der Waals surface area contributed by atoms with Gasteiger partial charge in [-0.1, -0.05) is 42.5 Å².